The molecule has 0 fully saturated rings. The molecule has 0 aliphatic carbocycles. The summed E-state index contributed by atoms with van der Waals surface area (Å²) in [6.45, 7) is 0. The Balaban J connectivity index is 2.89. The standard InChI is InChI=1S/C8H3BrN2S/c9-7-5(3-10)1-2-6-8(7)11-4-12-6/h1-2,4H. The topological polar surface area (TPSA) is 36.7 Å². The van der Waals surface area contributed by atoms with Gasteiger partial charge in [0.05, 0.1) is 25.8 Å². The fourth-order valence-corrected chi connectivity index (χ4v) is 2.34. The Kier molecular flexibility index (Phi) is 1.83. The molecule has 0 saturated carbocycles. The lowest BCUT2D eigenvalue weighted by Gasteiger charge is -1.93. The second-order valence-electron chi connectivity index (χ2n) is 2.24. The number of nitrogens with zero attached hydrogens (tertiary/aromatic N) is 2. The summed E-state index contributed by atoms with van der Waals surface area (Å²) < 4.78 is 1.89. The second kappa shape index (κ2) is 2.85. The van der Waals surface area contributed by atoms with Crippen LogP contribution >= 0.6 is 27.3 Å². The van der Waals surface area contributed by atoms with Crippen molar-refractivity contribution in [1.29, 1.82) is 5.26 Å². The van der Waals surface area contributed by atoms with E-state index in [9.17, 15) is 0 Å². The van der Waals surface area contributed by atoms with Gasteiger partial charge in [-0.2, -0.15) is 5.26 Å². The van der Waals surface area contributed by atoms with Crippen molar-refractivity contribution >= 4 is 37.5 Å². The molecule has 0 unspecified atom stereocenters. The van der Waals surface area contributed by atoms with Crippen molar-refractivity contribution in [3.8, 4) is 6.07 Å². The van der Waals surface area contributed by atoms with Gasteiger partial charge in [-0.1, -0.05) is 0 Å². The minimum absolute atomic E-state index is 0.633. The minimum atomic E-state index is 0.633. The highest BCUT2D eigenvalue weighted by Gasteiger charge is 2.05. The highest BCUT2D eigenvalue weighted by atomic mass is 79.9. The summed E-state index contributed by atoms with van der Waals surface area (Å²) in [5.74, 6) is 0. The van der Waals surface area contributed by atoms with Gasteiger partial charge in [0.1, 0.15) is 6.07 Å². The molecule has 2 rings (SSSR count). The summed E-state index contributed by atoms with van der Waals surface area (Å²) in [6.07, 6.45) is 0. The first-order chi connectivity index (χ1) is 5.83. The Bertz CT molecular complexity index is 469. The molecule has 1 heterocycles. The maximum atomic E-state index is 8.71. The number of fused-ring (bicyclic) bond motifs is 1. The third-order valence-electron chi connectivity index (χ3n) is 1.56. The molecule has 1 aromatic carbocycles. The second-order valence-corrected chi connectivity index (χ2v) is 3.92. The molecule has 58 valence electrons. The smallest absolute Gasteiger partial charge is 0.100 e. The van der Waals surface area contributed by atoms with Crippen LogP contribution in [0.3, 0.4) is 0 Å². The summed E-state index contributed by atoms with van der Waals surface area (Å²) in [7, 11) is 0. The van der Waals surface area contributed by atoms with Crippen LogP contribution in [0.25, 0.3) is 10.2 Å². The molecule has 0 saturated heterocycles. The van der Waals surface area contributed by atoms with E-state index in [-0.39, 0.29) is 0 Å². The third kappa shape index (κ3) is 1.02. The van der Waals surface area contributed by atoms with Crippen LogP contribution in [0.5, 0.6) is 0 Å². The van der Waals surface area contributed by atoms with Gasteiger partial charge in [0.25, 0.3) is 0 Å². The summed E-state index contributed by atoms with van der Waals surface area (Å²) in [5.41, 5.74) is 3.28. The highest BCUT2D eigenvalue weighted by Crippen LogP contribution is 2.28. The summed E-state index contributed by atoms with van der Waals surface area (Å²) in [4.78, 5) is 4.15. The van der Waals surface area contributed by atoms with E-state index in [0.717, 1.165) is 14.7 Å². The quantitative estimate of drug-likeness (QED) is 0.708. The van der Waals surface area contributed by atoms with E-state index in [2.05, 4.69) is 27.0 Å². The zero-order valence-corrected chi connectivity index (χ0v) is 8.32. The molecule has 0 aliphatic heterocycles. The Morgan fingerprint density at radius 1 is 1.50 bits per heavy atom. The molecule has 0 radical (unpaired) electrons. The molecule has 1 aromatic heterocycles. The predicted molar refractivity (Wildman–Crippen MR) is 52.0 cm³/mol. The first-order valence-electron chi connectivity index (χ1n) is 3.24. The van der Waals surface area contributed by atoms with Gasteiger partial charge in [-0.3, -0.25) is 0 Å². The van der Waals surface area contributed by atoms with Crippen molar-refractivity contribution < 1.29 is 0 Å². The number of aromatic nitrogens is 1. The minimum Gasteiger partial charge on any atom is -0.243 e. The molecule has 0 spiro atoms. The first-order valence-corrected chi connectivity index (χ1v) is 4.92. The summed E-state index contributed by atoms with van der Waals surface area (Å²) in [5, 5.41) is 8.71. The van der Waals surface area contributed by atoms with E-state index in [1.807, 2.05) is 6.07 Å². The van der Waals surface area contributed by atoms with Crippen LogP contribution in [-0.2, 0) is 0 Å². The van der Waals surface area contributed by atoms with E-state index in [0.29, 0.717) is 5.56 Å². The number of nitriles is 1. The molecule has 2 nitrogen and oxygen atoms in total. The molecule has 0 amide bonds. The number of rotatable bonds is 0. The lowest BCUT2D eigenvalue weighted by molar-refractivity contribution is 1.44. The first kappa shape index (κ1) is 7.71. The van der Waals surface area contributed by atoms with Gasteiger partial charge in [0, 0.05) is 0 Å². The number of halogens is 1. The van der Waals surface area contributed by atoms with E-state index < -0.39 is 0 Å². The SMILES string of the molecule is N#Cc1ccc2scnc2c1Br. The Morgan fingerprint density at radius 3 is 3.08 bits per heavy atom. The zero-order valence-electron chi connectivity index (χ0n) is 5.91. The lowest BCUT2D eigenvalue weighted by atomic mass is 10.2. The van der Waals surface area contributed by atoms with Crippen molar-refractivity contribution in [2.24, 2.45) is 0 Å². The van der Waals surface area contributed by atoms with E-state index in [1.165, 1.54) is 0 Å². The highest BCUT2D eigenvalue weighted by molar-refractivity contribution is 9.10. The fourth-order valence-electron chi connectivity index (χ4n) is 0.984. The third-order valence-corrected chi connectivity index (χ3v) is 3.16. The molecule has 4 heteroatoms. The van der Waals surface area contributed by atoms with Crippen LogP contribution in [0.15, 0.2) is 22.1 Å². The molecule has 2 aromatic rings. The molecule has 0 N–H and O–H groups in total. The average molecular weight is 239 g/mol. The number of hydrogen-bond donors (Lipinski definition) is 0. The van der Waals surface area contributed by atoms with E-state index in [4.69, 9.17) is 5.26 Å². The van der Waals surface area contributed by atoms with Crippen LogP contribution in [0, 0.1) is 11.3 Å². The Morgan fingerprint density at radius 2 is 2.33 bits per heavy atom. The van der Waals surface area contributed by atoms with Gasteiger partial charge in [0.15, 0.2) is 0 Å². The van der Waals surface area contributed by atoms with Gasteiger partial charge >= 0.3 is 0 Å². The van der Waals surface area contributed by atoms with Gasteiger partial charge in [0.2, 0.25) is 0 Å². The van der Waals surface area contributed by atoms with E-state index in [1.54, 1.807) is 22.9 Å². The van der Waals surface area contributed by atoms with Gasteiger partial charge in [-0.05, 0) is 28.1 Å². The largest absolute Gasteiger partial charge is 0.243 e. The van der Waals surface area contributed by atoms with Gasteiger partial charge < -0.3 is 0 Å². The van der Waals surface area contributed by atoms with Crippen molar-refractivity contribution in [1.82, 2.24) is 4.98 Å². The number of hydrogen-bond acceptors (Lipinski definition) is 3. The monoisotopic (exact) mass is 238 g/mol. The fraction of sp³-hybridized carbons (Fsp3) is 0. The zero-order chi connectivity index (χ0) is 8.55. The van der Waals surface area contributed by atoms with E-state index >= 15 is 0 Å². The number of benzene rings is 1. The average Bonchev–Trinajstić information content (AvgIpc) is 2.53. The number of thiazole rings is 1. The molecule has 0 aliphatic rings. The van der Waals surface area contributed by atoms with Crippen LogP contribution in [0.2, 0.25) is 0 Å². The molecular formula is C8H3BrN2S. The summed E-state index contributed by atoms with van der Waals surface area (Å²) >= 11 is 4.91. The normalized spacial score (nSPS) is 10.0. The van der Waals surface area contributed by atoms with Crippen LogP contribution < -0.4 is 0 Å². The van der Waals surface area contributed by atoms with Crippen LogP contribution in [0.4, 0.5) is 0 Å². The van der Waals surface area contributed by atoms with Crippen LogP contribution in [0.1, 0.15) is 5.56 Å². The van der Waals surface area contributed by atoms with Crippen molar-refractivity contribution in [3.63, 3.8) is 0 Å². The predicted octanol–water partition coefficient (Wildman–Crippen LogP) is 2.93. The lowest BCUT2D eigenvalue weighted by Crippen LogP contribution is -1.77. The van der Waals surface area contributed by atoms with Crippen LogP contribution in [-0.4, -0.2) is 4.98 Å². The maximum absolute atomic E-state index is 8.71. The molecular weight excluding hydrogens is 236 g/mol. The van der Waals surface area contributed by atoms with Crippen molar-refractivity contribution in [2.45, 2.75) is 0 Å². The molecule has 0 bridgehead atoms. The molecule has 0 atom stereocenters. The van der Waals surface area contributed by atoms with Gasteiger partial charge in [-0.25, -0.2) is 4.98 Å². The Hall–Kier alpha value is -0.920. The van der Waals surface area contributed by atoms with Crippen molar-refractivity contribution in [2.75, 3.05) is 0 Å². The maximum Gasteiger partial charge on any atom is 0.100 e. The van der Waals surface area contributed by atoms with Crippen molar-refractivity contribution in [3.05, 3.63) is 27.7 Å². The van der Waals surface area contributed by atoms with Gasteiger partial charge in [-0.15, -0.1) is 11.3 Å². The summed E-state index contributed by atoms with van der Waals surface area (Å²) in [6, 6.07) is 5.80. The molecule has 12 heavy (non-hydrogen) atoms. The Labute approximate surface area is 81.6 Å².